The maximum absolute atomic E-state index is 10.8. The van der Waals surface area contributed by atoms with Crippen molar-refractivity contribution in [3.05, 3.63) is 140 Å². The first-order chi connectivity index (χ1) is 16.3. The third kappa shape index (κ3) is 4.43. The van der Waals surface area contributed by atoms with Gasteiger partial charge in [-0.25, -0.2) is 0 Å². The van der Waals surface area contributed by atoms with E-state index in [1.807, 2.05) is 72.8 Å². The van der Waals surface area contributed by atoms with Crippen LogP contribution in [0.1, 0.15) is 0 Å². The molecule has 0 aliphatic heterocycles. The van der Waals surface area contributed by atoms with Gasteiger partial charge in [0.05, 0.1) is 11.4 Å². The van der Waals surface area contributed by atoms with Crippen molar-refractivity contribution in [2.75, 3.05) is 9.80 Å². The number of nitrogens with zero attached hydrogens (tertiary/aromatic N) is 2. The predicted octanol–water partition coefficient (Wildman–Crippen LogP) is 8.33. The van der Waals surface area contributed by atoms with E-state index in [1.165, 1.54) is 0 Å². The highest BCUT2D eigenvalue weighted by Gasteiger charge is 2.18. The summed E-state index contributed by atoms with van der Waals surface area (Å²) < 4.78 is 0. The Balaban J connectivity index is 1.69. The molecule has 0 unspecified atom stereocenters. The average molecular weight is 429 g/mol. The molecule has 0 aromatic heterocycles. The van der Waals surface area contributed by atoms with Gasteiger partial charge in [-0.2, -0.15) is 0 Å². The van der Waals surface area contributed by atoms with Crippen LogP contribution in [-0.2, 0) is 0 Å². The number of phenolic OH excluding ortho intramolecular Hbond substituents is 1. The maximum atomic E-state index is 10.8. The third-order valence-corrected chi connectivity index (χ3v) is 5.46. The summed E-state index contributed by atoms with van der Waals surface area (Å²) in [5, 5.41) is 10.8. The zero-order valence-corrected chi connectivity index (χ0v) is 18.1. The van der Waals surface area contributed by atoms with Crippen molar-refractivity contribution in [1.82, 2.24) is 0 Å². The molecule has 5 aromatic carbocycles. The second-order valence-corrected chi connectivity index (χ2v) is 7.72. The van der Waals surface area contributed by atoms with Crippen molar-refractivity contribution >= 4 is 34.1 Å². The van der Waals surface area contributed by atoms with E-state index in [4.69, 9.17) is 0 Å². The minimum absolute atomic E-state index is 0.205. The molecule has 3 heteroatoms. The van der Waals surface area contributed by atoms with Gasteiger partial charge in [0, 0.05) is 34.9 Å². The number of phenols is 1. The summed E-state index contributed by atoms with van der Waals surface area (Å²) in [6.45, 7) is 0. The molecule has 0 bridgehead atoms. The molecular formula is C30H24N2O. The van der Waals surface area contributed by atoms with Crippen LogP contribution in [0.25, 0.3) is 0 Å². The highest BCUT2D eigenvalue weighted by molar-refractivity contribution is 5.84. The van der Waals surface area contributed by atoms with E-state index in [1.54, 1.807) is 12.1 Å². The predicted molar refractivity (Wildman–Crippen MR) is 137 cm³/mol. The Hall–Kier alpha value is -4.50. The van der Waals surface area contributed by atoms with Crippen LogP contribution < -0.4 is 9.80 Å². The lowest BCUT2D eigenvalue weighted by molar-refractivity contribution is 0.475. The highest BCUT2D eigenvalue weighted by Crippen LogP contribution is 2.42. The van der Waals surface area contributed by atoms with Crippen LogP contribution in [0, 0.1) is 0 Å². The lowest BCUT2D eigenvalue weighted by Gasteiger charge is -2.29. The number of anilines is 6. The van der Waals surface area contributed by atoms with E-state index in [0.717, 1.165) is 34.1 Å². The van der Waals surface area contributed by atoms with Crippen LogP contribution in [0.2, 0.25) is 0 Å². The molecule has 3 nitrogen and oxygen atoms in total. The smallest absolute Gasteiger partial charge is 0.119 e. The van der Waals surface area contributed by atoms with Gasteiger partial charge >= 0.3 is 0 Å². The standard InChI is InChI=1S/C30H24N2O/c33-30-22-28(31(24-13-5-1-6-14-24)25-15-7-2-8-16-25)21-29(23-30)32(26-17-9-3-10-18-26)27-19-11-4-12-20-27/h1-23,33H. The zero-order chi connectivity index (χ0) is 22.5. The molecule has 0 fully saturated rings. The average Bonchev–Trinajstić information content (AvgIpc) is 2.87. The Morgan fingerprint density at radius 3 is 0.879 bits per heavy atom. The molecule has 0 saturated carbocycles. The van der Waals surface area contributed by atoms with Crippen LogP contribution in [-0.4, -0.2) is 5.11 Å². The molecule has 0 spiro atoms. The molecule has 0 saturated heterocycles. The molecule has 0 heterocycles. The van der Waals surface area contributed by atoms with Crippen molar-refractivity contribution in [2.45, 2.75) is 0 Å². The highest BCUT2D eigenvalue weighted by atomic mass is 16.3. The van der Waals surface area contributed by atoms with Gasteiger partial charge in [-0.15, -0.1) is 0 Å². The molecule has 0 radical (unpaired) electrons. The van der Waals surface area contributed by atoms with E-state index >= 15 is 0 Å². The second kappa shape index (κ2) is 9.33. The van der Waals surface area contributed by atoms with Crippen molar-refractivity contribution < 1.29 is 5.11 Å². The normalized spacial score (nSPS) is 10.5. The summed E-state index contributed by atoms with van der Waals surface area (Å²) in [6, 6.07) is 46.5. The molecule has 1 N–H and O–H groups in total. The third-order valence-electron chi connectivity index (χ3n) is 5.46. The van der Waals surface area contributed by atoms with Gasteiger partial charge < -0.3 is 14.9 Å². The van der Waals surface area contributed by atoms with Gasteiger partial charge in [-0.3, -0.25) is 0 Å². The number of rotatable bonds is 6. The van der Waals surface area contributed by atoms with Crippen molar-refractivity contribution in [3.8, 4) is 5.75 Å². The summed E-state index contributed by atoms with van der Waals surface area (Å²) in [7, 11) is 0. The van der Waals surface area contributed by atoms with Crippen LogP contribution in [0.5, 0.6) is 5.75 Å². The largest absolute Gasteiger partial charge is 0.508 e. The van der Waals surface area contributed by atoms with Gasteiger partial charge in [0.2, 0.25) is 0 Å². The van der Waals surface area contributed by atoms with Gasteiger partial charge in [0.25, 0.3) is 0 Å². The van der Waals surface area contributed by atoms with Gasteiger partial charge in [0.15, 0.2) is 0 Å². The van der Waals surface area contributed by atoms with E-state index in [-0.39, 0.29) is 5.75 Å². The molecule has 0 atom stereocenters. The Bertz CT molecular complexity index is 1130. The molecule has 33 heavy (non-hydrogen) atoms. The number of hydrogen-bond acceptors (Lipinski definition) is 3. The Morgan fingerprint density at radius 2 is 0.606 bits per heavy atom. The van der Waals surface area contributed by atoms with Crippen molar-refractivity contribution in [1.29, 1.82) is 0 Å². The van der Waals surface area contributed by atoms with Crippen molar-refractivity contribution in [3.63, 3.8) is 0 Å². The fourth-order valence-electron chi connectivity index (χ4n) is 4.04. The summed E-state index contributed by atoms with van der Waals surface area (Å²) in [4.78, 5) is 4.30. The first kappa shape index (κ1) is 20.4. The lowest BCUT2D eigenvalue weighted by Crippen LogP contribution is -2.13. The number of hydrogen-bond donors (Lipinski definition) is 1. The molecule has 5 aromatic rings. The van der Waals surface area contributed by atoms with Crippen LogP contribution in [0.4, 0.5) is 34.1 Å². The fraction of sp³-hybridized carbons (Fsp3) is 0. The summed E-state index contributed by atoms with van der Waals surface area (Å²) in [5.74, 6) is 0.205. The SMILES string of the molecule is Oc1cc(N(c2ccccc2)c2ccccc2)cc(N(c2ccccc2)c2ccccc2)c1. The lowest BCUT2D eigenvalue weighted by atomic mass is 10.1. The Kier molecular flexibility index (Phi) is 5.77. The van der Waals surface area contributed by atoms with E-state index < -0.39 is 0 Å². The number of benzene rings is 5. The van der Waals surface area contributed by atoms with Gasteiger partial charge in [-0.05, 0) is 54.6 Å². The number of aromatic hydroxyl groups is 1. The minimum atomic E-state index is 0.205. The summed E-state index contributed by atoms with van der Waals surface area (Å²) in [6.07, 6.45) is 0. The molecule has 5 rings (SSSR count). The van der Waals surface area contributed by atoms with Gasteiger partial charge in [-0.1, -0.05) is 72.8 Å². The van der Waals surface area contributed by atoms with E-state index in [0.29, 0.717) is 0 Å². The van der Waals surface area contributed by atoms with Crippen LogP contribution >= 0.6 is 0 Å². The topological polar surface area (TPSA) is 26.7 Å². The first-order valence-corrected chi connectivity index (χ1v) is 10.9. The summed E-state index contributed by atoms with van der Waals surface area (Å²) >= 11 is 0. The Morgan fingerprint density at radius 1 is 0.333 bits per heavy atom. The second-order valence-electron chi connectivity index (χ2n) is 7.72. The first-order valence-electron chi connectivity index (χ1n) is 10.9. The Labute approximate surface area is 194 Å². The minimum Gasteiger partial charge on any atom is -0.508 e. The molecular weight excluding hydrogens is 404 g/mol. The van der Waals surface area contributed by atoms with Gasteiger partial charge in [0.1, 0.15) is 5.75 Å². The molecule has 160 valence electrons. The quantitative estimate of drug-likeness (QED) is 0.294. The molecule has 0 aliphatic carbocycles. The van der Waals surface area contributed by atoms with Crippen molar-refractivity contribution in [2.24, 2.45) is 0 Å². The summed E-state index contributed by atoms with van der Waals surface area (Å²) in [5.41, 5.74) is 5.83. The van der Waals surface area contributed by atoms with E-state index in [9.17, 15) is 5.11 Å². The van der Waals surface area contributed by atoms with E-state index in [2.05, 4.69) is 64.4 Å². The maximum Gasteiger partial charge on any atom is 0.119 e. The number of para-hydroxylation sites is 4. The molecule has 0 amide bonds. The fourth-order valence-corrected chi connectivity index (χ4v) is 4.04. The van der Waals surface area contributed by atoms with Crippen LogP contribution in [0.3, 0.4) is 0 Å². The van der Waals surface area contributed by atoms with Crippen LogP contribution in [0.15, 0.2) is 140 Å². The zero-order valence-electron chi connectivity index (χ0n) is 18.1. The monoisotopic (exact) mass is 428 g/mol. The molecule has 0 aliphatic rings.